The second kappa shape index (κ2) is 6.39. The van der Waals surface area contributed by atoms with Crippen LogP contribution in [0.2, 0.25) is 0 Å². The summed E-state index contributed by atoms with van der Waals surface area (Å²) in [6.45, 7) is 9.99. The molecular weight excluding hydrogens is 162 g/mol. The molecule has 2 heteroatoms. The minimum Gasteiger partial charge on any atom is -0.380 e. The minimum atomic E-state index is -0.146. The fraction of sp³-hybridized carbons (Fsp3) is 1.00. The van der Waals surface area contributed by atoms with Gasteiger partial charge < -0.3 is 10.5 Å². The summed E-state index contributed by atoms with van der Waals surface area (Å²) in [6, 6.07) is 0. The average molecular weight is 187 g/mol. The highest BCUT2D eigenvalue weighted by atomic mass is 16.5. The van der Waals surface area contributed by atoms with Gasteiger partial charge in [-0.3, -0.25) is 0 Å². The Morgan fingerprint density at radius 3 is 2.15 bits per heavy atom. The van der Waals surface area contributed by atoms with Crippen LogP contribution in [0.4, 0.5) is 0 Å². The van der Waals surface area contributed by atoms with Gasteiger partial charge in [0.05, 0.1) is 6.61 Å². The SMILES string of the molecule is CCOCC(C)(N)CC(CC)CC. The van der Waals surface area contributed by atoms with E-state index in [0.717, 1.165) is 18.9 Å². The van der Waals surface area contributed by atoms with Crippen LogP contribution in [0.25, 0.3) is 0 Å². The largest absolute Gasteiger partial charge is 0.380 e. The van der Waals surface area contributed by atoms with Gasteiger partial charge in [0.25, 0.3) is 0 Å². The van der Waals surface area contributed by atoms with Crippen LogP contribution >= 0.6 is 0 Å². The topological polar surface area (TPSA) is 35.2 Å². The number of hydrogen-bond donors (Lipinski definition) is 1. The lowest BCUT2D eigenvalue weighted by atomic mass is 9.87. The molecule has 0 bridgehead atoms. The van der Waals surface area contributed by atoms with E-state index in [-0.39, 0.29) is 5.54 Å². The zero-order valence-corrected chi connectivity index (χ0v) is 9.60. The molecule has 0 aromatic carbocycles. The van der Waals surface area contributed by atoms with Crippen LogP contribution in [0.15, 0.2) is 0 Å². The zero-order chi connectivity index (χ0) is 10.3. The van der Waals surface area contributed by atoms with Gasteiger partial charge in [0.15, 0.2) is 0 Å². The van der Waals surface area contributed by atoms with Crippen LogP contribution in [0.3, 0.4) is 0 Å². The summed E-state index contributed by atoms with van der Waals surface area (Å²) in [6.07, 6.45) is 3.50. The van der Waals surface area contributed by atoms with Gasteiger partial charge in [-0.2, -0.15) is 0 Å². The normalized spacial score (nSPS) is 16.2. The van der Waals surface area contributed by atoms with E-state index in [1.807, 2.05) is 6.92 Å². The van der Waals surface area contributed by atoms with Crippen molar-refractivity contribution in [2.24, 2.45) is 11.7 Å². The van der Waals surface area contributed by atoms with Gasteiger partial charge in [0, 0.05) is 12.1 Å². The van der Waals surface area contributed by atoms with Crippen molar-refractivity contribution in [1.82, 2.24) is 0 Å². The molecule has 2 N–H and O–H groups in total. The molecule has 0 aliphatic heterocycles. The van der Waals surface area contributed by atoms with Gasteiger partial charge in [0.2, 0.25) is 0 Å². The van der Waals surface area contributed by atoms with E-state index < -0.39 is 0 Å². The second-order valence-corrected chi connectivity index (χ2v) is 4.18. The second-order valence-electron chi connectivity index (χ2n) is 4.18. The van der Waals surface area contributed by atoms with Crippen molar-refractivity contribution in [3.63, 3.8) is 0 Å². The van der Waals surface area contributed by atoms with Gasteiger partial charge >= 0.3 is 0 Å². The molecule has 0 radical (unpaired) electrons. The standard InChI is InChI=1S/C11H25NO/c1-5-10(6-2)8-11(4,12)9-13-7-3/h10H,5-9,12H2,1-4H3. The number of hydrogen-bond acceptors (Lipinski definition) is 2. The van der Waals surface area contributed by atoms with Gasteiger partial charge in [-0.25, -0.2) is 0 Å². The maximum atomic E-state index is 6.13. The van der Waals surface area contributed by atoms with E-state index in [1.165, 1.54) is 12.8 Å². The van der Waals surface area contributed by atoms with Crippen molar-refractivity contribution in [1.29, 1.82) is 0 Å². The fourth-order valence-corrected chi connectivity index (χ4v) is 1.63. The Bertz CT molecular complexity index is 119. The molecule has 0 aliphatic carbocycles. The first-order valence-electron chi connectivity index (χ1n) is 5.42. The lowest BCUT2D eigenvalue weighted by Gasteiger charge is -2.28. The molecule has 0 aromatic heterocycles. The summed E-state index contributed by atoms with van der Waals surface area (Å²) in [7, 11) is 0. The lowest BCUT2D eigenvalue weighted by molar-refractivity contribution is 0.0890. The van der Waals surface area contributed by atoms with Crippen molar-refractivity contribution in [2.45, 2.75) is 52.5 Å². The number of rotatable bonds is 7. The van der Waals surface area contributed by atoms with Crippen LogP contribution in [0, 0.1) is 5.92 Å². The van der Waals surface area contributed by atoms with Crippen LogP contribution in [-0.4, -0.2) is 18.8 Å². The van der Waals surface area contributed by atoms with E-state index in [4.69, 9.17) is 10.5 Å². The first-order chi connectivity index (χ1) is 6.05. The lowest BCUT2D eigenvalue weighted by Crippen LogP contribution is -2.43. The highest BCUT2D eigenvalue weighted by Crippen LogP contribution is 2.20. The van der Waals surface area contributed by atoms with E-state index in [1.54, 1.807) is 0 Å². The third kappa shape index (κ3) is 6.05. The van der Waals surface area contributed by atoms with E-state index in [9.17, 15) is 0 Å². The summed E-state index contributed by atoms with van der Waals surface area (Å²) in [5, 5.41) is 0. The molecule has 0 rings (SSSR count). The predicted molar refractivity (Wildman–Crippen MR) is 57.8 cm³/mol. The molecular formula is C11H25NO. The Balaban J connectivity index is 3.83. The van der Waals surface area contributed by atoms with Crippen molar-refractivity contribution in [3.8, 4) is 0 Å². The molecule has 0 fully saturated rings. The van der Waals surface area contributed by atoms with Crippen LogP contribution in [0.5, 0.6) is 0 Å². The monoisotopic (exact) mass is 187 g/mol. The molecule has 13 heavy (non-hydrogen) atoms. The highest BCUT2D eigenvalue weighted by molar-refractivity contribution is 4.80. The number of ether oxygens (including phenoxy) is 1. The van der Waals surface area contributed by atoms with Gasteiger partial charge in [0.1, 0.15) is 0 Å². The average Bonchev–Trinajstić information content (AvgIpc) is 2.11. The summed E-state index contributed by atoms with van der Waals surface area (Å²) in [5.74, 6) is 0.746. The van der Waals surface area contributed by atoms with E-state index in [2.05, 4.69) is 20.8 Å². The Hall–Kier alpha value is -0.0800. The van der Waals surface area contributed by atoms with Crippen LogP contribution in [-0.2, 0) is 4.74 Å². The third-order valence-electron chi connectivity index (χ3n) is 2.55. The Labute approximate surface area is 82.8 Å². The smallest absolute Gasteiger partial charge is 0.0643 e. The summed E-state index contributed by atoms with van der Waals surface area (Å²) in [4.78, 5) is 0. The molecule has 0 saturated carbocycles. The minimum absolute atomic E-state index is 0.146. The zero-order valence-electron chi connectivity index (χ0n) is 9.60. The van der Waals surface area contributed by atoms with Crippen LogP contribution < -0.4 is 5.73 Å². The van der Waals surface area contributed by atoms with Crippen molar-refractivity contribution >= 4 is 0 Å². The Kier molecular flexibility index (Phi) is 6.35. The number of nitrogens with two attached hydrogens (primary N) is 1. The highest BCUT2D eigenvalue weighted by Gasteiger charge is 2.22. The van der Waals surface area contributed by atoms with Gasteiger partial charge in [-0.15, -0.1) is 0 Å². The molecule has 0 amide bonds. The van der Waals surface area contributed by atoms with E-state index in [0.29, 0.717) is 6.61 Å². The Morgan fingerprint density at radius 2 is 1.77 bits per heavy atom. The molecule has 1 unspecified atom stereocenters. The maximum absolute atomic E-state index is 6.13. The Morgan fingerprint density at radius 1 is 1.23 bits per heavy atom. The van der Waals surface area contributed by atoms with Crippen LogP contribution in [0.1, 0.15) is 47.0 Å². The van der Waals surface area contributed by atoms with Crippen molar-refractivity contribution < 1.29 is 4.74 Å². The molecule has 80 valence electrons. The first-order valence-corrected chi connectivity index (χ1v) is 5.42. The first kappa shape index (κ1) is 12.9. The summed E-state index contributed by atoms with van der Waals surface area (Å²) in [5.41, 5.74) is 5.98. The summed E-state index contributed by atoms with van der Waals surface area (Å²) < 4.78 is 5.36. The van der Waals surface area contributed by atoms with Crippen molar-refractivity contribution in [3.05, 3.63) is 0 Å². The summed E-state index contributed by atoms with van der Waals surface area (Å²) >= 11 is 0. The molecule has 0 aromatic rings. The molecule has 2 nitrogen and oxygen atoms in total. The molecule has 1 atom stereocenters. The quantitative estimate of drug-likeness (QED) is 0.665. The third-order valence-corrected chi connectivity index (χ3v) is 2.55. The van der Waals surface area contributed by atoms with Gasteiger partial charge in [-0.05, 0) is 26.2 Å². The molecule has 0 spiro atoms. The maximum Gasteiger partial charge on any atom is 0.0643 e. The fourth-order valence-electron chi connectivity index (χ4n) is 1.63. The van der Waals surface area contributed by atoms with E-state index >= 15 is 0 Å². The molecule has 0 saturated heterocycles. The molecule has 0 heterocycles. The predicted octanol–water partition coefficient (Wildman–Crippen LogP) is 2.57. The molecule has 0 aliphatic rings. The van der Waals surface area contributed by atoms with Gasteiger partial charge in [-0.1, -0.05) is 26.7 Å². The van der Waals surface area contributed by atoms with Crippen molar-refractivity contribution in [2.75, 3.05) is 13.2 Å².